The highest BCUT2D eigenvalue weighted by molar-refractivity contribution is 5.88. The van der Waals surface area contributed by atoms with Gasteiger partial charge in [0.1, 0.15) is 5.75 Å². The van der Waals surface area contributed by atoms with Crippen LogP contribution in [0.25, 0.3) is 10.9 Å². The van der Waals surface area contributed by atoms with Crippen molar-refractivity contribution in [3.8, 4) is 5.75 Å². The SMILES string of the molecule is CCCCc1cc(=O)[nH]c2cccc(OCC3CCC3)c12. The average molecular weight is 285 g/mol. The third-order valence-corrected chi connectivity index (χ3v) is 4.41. The molecule has 2 aromatic rings. The normalized spacial score (nSPS) is 15.1. The molecule has 1 aromatic heterocycles. The van der Waals surface area contributed by atoms with Crippen LogP contribution in [0.2, 0.25) is 0 Å². The zero-order valence-electron chi connectivity index (χ0n) is 12.7. The molecule has 0 bridgehead atoms. The number of hydrogen-bond acceptors (Lipinski definition) is 2. The van der Waals surface area contributed by atoms with Gasteiger partial charge in [-0.1, -0.05) is 25.8 Å². The Morgan fingerprint density at radius 3 is 2.90 bits per heavy atom. The van der Waals surface area contributed by atoms with E-state index in [-0.39, 0.29) is 5.56 Å². The Kier molecular flexibility index (Phi) is 4.28. The predicted octanol–water partition coefficient (Wildman–Crippen LogP) is 4.05. The van der Waals surface area contributed by atoms with E-state index in [0.717, 1.165) is 48.1 Å². The molecule has 1 saturated carbocycles. The Morgan fingerprint density at radius 2 is 2.19 bits per heavy atom. The summed E-state index contributed by atoms with van der Waals surface area (Å²) in [5.41, 5.74) is 1.98. The number of nitrogens with one attached hydrogen (secondary N) is 1. The van der Waals surface area contributed by atoms with Gasteiger partial charge in [0.2, 0.25) is 5.56 Å². The largest absolute Gasteiger partial charge is 0.493 e. The lowest BCUT2D eigenvalue weighted by molar-refractivity contribution is 0.182. The maximum Gasteiger partial charge on any atom is 0.248 e. The number of pyridine rings is 1. The van der Waals surface area contributed by atoms with Crippen molar-refractivity contribution in [1.29, 1.82) is 0 Å². The average Bonchev–Trinajstić information content (AvgIpc) is 2.42. The van der Waals surface area contributed by atoms with E-state index in [1.54, 1.807) is 6.07 Å². The second kappa shape index (κ2) is 6.33. The maximum absolute atomic E-state index is 11.8. The van der Waals surface area contributed by atoms with E-state index in [0.29, 0.717) is 5.92 Å². The number of H-pyrrole nitrogens is 1. The Balaban J connectivity index is 1.95. The molecule has 0 unspecified atom stereocenters. The molecule has 112 valence electrons. The number of rotatable bonds is 6. The molecule has 1 aliphatic rings. The van der Waals surface area contributed by atoms with Crippen molar-refractivity contribution in [2.75, 3.05) is 6.61 Å². The van der Waals surface area contributed by atoms with Gasteiger partial charge in [0.25, 0.3) is 0 Å². The third kappa shape index (κ3) is 3.12. The molecule has 0 amide bonds. The molecule has 0 atom stereocenters. The lowest BCUT2D eigenvalue weighted by atomic mass is 9.86. The zero-order chi connectivity index (χ0) is 14.7. The van der Waals surface area contributed by atoms with Gasteiger partial charge in [-0.2, -0.15) is 0 Å². The van der Waals surface area contributed by atoms with Crippen LogP contribution in [-0.2, 0) is 6.42 Å². The summed E-state index contributed by atoms with van der Waals surface area (Å²) in [7, 11) is 0. The fraction of sp³-hybridized carbons (Fsp3) is 0.500. The van der Waals surface area contributed by atoms with Gasteiger partial charge in [-0.15, -0.1) is 0 Å². The molecule has 3 nitrogen and oxygen atoms in total. The minimum Gasteiger partial charge on any atom is -0.493 e. The molecule has 1 fully saturated rings. The second-order valence-electron chi connectivity index (χ2n) is 6.05. The fourth-order valence-corrected chi connectivity index (χ4v) is 2.92. The van der Waals surface area contributed by atoms with E-state index in [2.05, 4.69) is 11.9 Å². The van der Waals surface area contributed by atoms with E-state index in [1.165, 1.54) is 19.3 Å². The molecular formula is C18H23NO2. The summed E-state index contributed by atoms with van der Waals surface area (Å²) >= 11 is 0. The lowest BCUT2D eigenvalue weighted by Crippen LogP contribution is -2.19. The van der Waals surface area contributed by atoms with Crippen LogP contribution in [0, 0.1) is 5.92 Å². The molecule has 0 radical (unpaired) electrons. The van der Waals surface area contributed by atoms with Gasteiger partial charge in [-0.05, 0) is 49.3 Å². The first-order valence-corrected chi connectivity index (χ1v) is 8.05. The van der Waals surface area contributed by atoms with Gasteiger partial charge < -0.3 is 9.72 Å². The van der Waals surface area contributed by atoms with E-state index >= 15 is 0 Å². The van der Waals surface area contributed by atoms with Crippen LogP contribution in [0.15, 0.2) is 29.1 Å². The Labute approximate surface area is 125 Å². The van der Waals surface area contributed by atoms with Crippen molar-refractivity contribution in [3.05, 3.63) is 40.2 Å². The smallest absolute Gasteiger partial charge is 0.248 e. The van der Waals surface area contributed by atoms with Gasteiger partial charge in [0.15, 0.2) is 0 Å². The highest BCUT2D eigenvalue weighted by atomic mass is 16.5. The van der Waals surface area contributed by atoms with Crippen LogP contribution in [-0.4, -0.2) is 11.6 Å². The number of aromatic amines is 1. The van der Waals surface area contributed by atoms with E-state index in [4.69, 9.17) is 4.74 Å². The molecule has 0 saturated heterocycles. The molecule has 0 aliphatic heterocycles. The first kappa shape index (κ1) is 14.2. The number of hydrogen-bond donors (Lipinski definition) is 1. The summed E-state index contributed by atoms with van der Waals surface area (Å²) in [6.45, 7) is 2.97. The van der Waals surface area contributed by atoms with Crippen molar-refractivity contribution in [1.82, 2.24) is 4.98 Å². The van der Waals surface area contributed by atoms with Crippen LogP contribution < -0.4 is 10.3 Å². The lowest BCUT2D eigenvalue weighted by Gasteiger charge is -2.25. The molecule has 3 rings (SSSR count). The number of ether oxygens (including phenoxy) is 1. The van der Waals surface area contributed by atoms with Crippen LogP contribution in [0.1, 0.15) is 44.6 Å². The minimum absolute atomic E-state index is 0.0234. The van der Waals surface area contributed by atoms with Crippen LogP contribution in [0.4, 0.5) is 0 Å². The van der Waals surface area contributed by atoms with Crippen molar-refractivity contribution >= 4 is 10.9 Å². The zero-order valence-corrected chi connectivity index (χ0v) is 12.7. The summed E-state index contributed by atoms with van der Waals surface area (Å²) in [5, 5.41) is 1.09. The summed E-state index contributed by atoms with van der Waals surface area (Å²) in [4.78, 5) is 14.7. The van der Waals surface area contributed by atoms with Gasteiger partial charge in [0.05, 0.1) is 12.1 Å². The number of fused-ring (bicyclic) bond motifs is 1. The van der Waals surface area contributed by atoms with E-state index in [9.17, 15) is 4.79 Å². The predicted molar refractivity (Wildman–Crippen MR) is 86.0 cm³/mol. The molecule has 21 heavy (non-hydrogen) atoms. The monoisotopic (exact) mass is 285 g/mol. The fourth-order valence-electron chi connectivity index (χ4n) is 2.92. The van der Waals surface area contributed by atoms with E-state index in [1.807, 2.05) is 18.2 Å². The summed E-state index contributed by atoms with van der Waals surface area (Å²) in [5.74, 6) is 1.63. The Bertz CT molecular complexity index is 670. The second-order valence-corrected chi connectivity index (χ2v) is 6.05. The third-order valence-electron chi connectivity index (χ3n) is 4.41. The highest BCUT2D eigenvalue weighted by Gasteiger charge is 2.18. The molecule has 1 N–H and O–H groups in total. The van der Waals surface area contributed by atoms with Crippen LogP contribution in [0.3, 0.4) is 0 Å². The summed E-state index contributed by atoms with van der Waals surface area (Å²) in [6.07, 6.45) is 7.04. The number of benzene rings is 1. The molecule has 3 heteroatoms. The minimum atomic E-state index is -0.0234. The van der Waals surface area contributed by atoms with Crippen molar-refractivity contribution < 1.29 is 4.74 Å². The number of aryl methyl sites for hydroxylation is 1. The van der Waals surface area contributed by atoms with Gasteiger partial charge in [-0.25, -0.2) is 0 Å². The standard InChI is InChI=1S/C18H23NO2/c1-2-3-8-14-11-17(20)19-15-9-5-10-16(18(14)15)21-12-13-6-4-7-13/h5,9-11,13H,2-4,6-8,12H2,1H3,(H,19,20). The Morgan fingerprint density at radius 1 is 1.33 bits per heavy atom. The summed E-state index contributed by atoms with van der Waals surface area (Å²) in [6, 6.07) is 7.67. The van der Waals surface area contributed by atoms with Gasteiger partial charge in [-0.3, -0.25) is 4.79 Å². The molecule has 0 spiro atoms. The molecule has 1 heterocycles. The highest BCUT2D eigenvalue weighted by Crippen LogP contribution is 2.31. The first-order valence-electron chi connectivity index (χ1n) is 8.05. The number of unbranched alkanes of at least 4 members (excludes halogenated alkanes) is 1. The summed E-state index contributed by atoms with van der Waals surface area (Å²) < 4.78 is 6.06. The Hall–Kier alpha value is -1.77. The number of aromatic nitrogens is 1. The molecule has 1 aromatic carbocycles. The molecule has 1 aliphatic carbocycles. The van der Waals surface area contributed by atoms with Gasteiger partial charge >= 0.3 is 0 Å². The topological polar surface area (TPSA) is 42.1 Å². The molecular weight excluding hydrogens is 262 g/mol. The van der Waals surface area contributed by atoms with Gasteiger partial charge in [0, 0.05) is 11.5 Å². The first-order chi connectivity index (χ1) is 10.3. The quantitative estimate of drug-likeness (QED) is 0.870. The van der Waals surface area contributed by atoms with E-state index < -0.39 is 0 Å². The van der Waals surface area contributed by atoms with Crippen molar-refractivity contribution in [3.63, 3.8) is 0 Å². The van der Waals surface area contributed by atoms with Crippen molar-refractivity contribution in [2.24, 2.45) is 5.92 Å². The van der Waals surface area contributed by atoms with Crippen LogP contribution in [0.5, 0.6) is 5.75 Å². The maximum atomic E-state index is 11.8. The van der Waals surface area contributed by atoms with Crippen LogP contribution >= 0.6 is 0 Å². The van der Waals surface area contributed by atoms with Crippen molar-refractivity contribution in [2.45, 2.75) is 45.4 Å².